The number of halogens is 4. The lowest BCUT2D eigenvalue weighted by Gasteiger charge is -2.27. The molecule has 1 aliphatic carbocycles. The molecule has 0 spiro atoms. The largest absolute Gasteiger partial charge is 0.481 e. The molecule has 6 atom stereocenters. The van der Waals surface area contributed by atoms with Gasteiger partial charge in [-0.15, -0.1) is 11.8 Å². The number of hydrogen-bond donors (Lipinski definition) is 3. The van der Waals surface area contributed by atoms with Crippen molar-refractivity contribution in [3.63, 3.8) is 0 Å². The van der Waals surface area contributed by atoms with Crippen LogP contribution in [0.5, 0.6) is 0 Å². The van der Waals surface area contributed by atoms with Crippen LogP contribution < -0.4 is 5.32 Å². The third-order valence-electron chi connectivity index (χ3n) is 6.97. The van der Waals surface area contributed by atoms with E-state index in [9.17, 15) is 27.9 Å². The minimum Gasteiger partial charge on any atom is -0.481 e. The number of hydrogen-bond acceptors (Lipinski definition) is 4. The van der Waals surface area contributed by atoms with Gasteiger partial charge in [-0.1, -0.05) is 32.4 Å². The highest BCUT2D eigenvalue weighted by Crippen LogP contribution is 2.49. The summed E-state index contributed by atoms with van der Waals surface area (Å²) < 4.78 is 40.2. The second kappa shape index (κ2) is 11.9. The molecule has 0 bridgehead atoms. The highest BCUT2D eigenvalue weighted by molar-refractivity contribution is 8.00. The molecule has 0 saturated heterocycles. The van der Waals surface area contributed by atoms with E-state index in [-0.39, 0.29) is 34.8 Å². The third kappa shape index (κ3) is 6.75. The summed E-state index contributed by atoms with van der Waals surface area (Å²) in [5.74, 6) is -5.38. The summed E-state index contributed by atoms with van der Waals surface area (Å²) in [6, 6.07) is 6.07. The van der Waals surface area contributed by atoms with E-state index in [0.717, 1.165) is 6.42 Å². The Morgan fingerprint density at radius 1 is 1.17 bits per heavy atom. The minimum absolute atomic E-state index is 0.121. The topological polar surface area (TPSA) is 86.6 Å². The Bertz CT molecular complexity index is 1110. The van der Waals surface area contributed by atoms with Gasteiger partial charge in [0.2, 0.25) is 0 Å². The van der Waals surface area contributed by atoms with Gasteiger partial charge in [0.05, 0.1) is 17.5 Å². The van der Waals surface area contributed by atoms with Crippen molar-refractivity contribution >= 4 is 40.9 Å². The number of carboxylic acids is 1. The van der Waals surface area contributed by atoms with Gasteiger partial charge in [0.1, 0.15) is 0 Å². The molecule has 1 saturated carbocycles. The van der Waals surface area contributed by atoms with Crippen LogP contribution in [0.15, 0.2) is 35.2 Å². The summed E-state index contributed by atoms with van der Waals surface area (Å²) in [6.45, 7) is 6.15. The highest BCUT2D eigenvalue weighted by atomic mass is 35.5. The van der Waals surface area contributed by atoms with Crippen molar-refractivity contribution in [2.45, 2.75) is 56.3 Å². The lowest BCUT2D eigenvalue weighted by atomic mass is 9.88. The predicted molar refractivity (Wildman–Crippen MR) is 134 cm³/mol. The quantitative estimate of drug-likeness (QED) is 0.309. The molecule has 3 rings (SSSR count). The number of thioether (sulfide) groups is 1. The molecule has 2 aromatic carbocycles. The molecule has 0 radical (unpaired) electrons. The Morgan fingerprint density at radius 2 is 1.81 bits per heavy atom. The molecule has 3 N–H and O–H groups in total. The number of benzene rings is 2. The number of aliphatic hydroxyl groups excluding tert-OH is 1. The number of carboxylic acid groups (broad SMARTS) is 1. The fraction of sp³-hybridized carbons (Fsp3) is 0.462. The summed E-state index contributed by atoms with van der Waals surface area (Å²) in [5.41, 5.74) is 0.000279. The number of carbonyl (C=O) groups is 2. The Balaban J connectivity index is 1.77. The van der Waals surface area contributed by atoms with Gasteiger partial charge in [-0.05, 0) is 54.7 Å². The molecule has 5 nitrogen and oxygen atoms in total. The van der Waals surface area contributed by atoms with Crippen LogP contribution in [0.2, 0.25) is 5.02 Å². The van der Waals surface area contributed by atoms with Crippen molar-refractivity contribution in [2.75, 3.05) is 5.32 Å². The molecule has 196 valence electrons. The van der Waals surface area contributed by atoms with Crippen molar-refractivity contribution in [3.8, 4) is 0 Å². The SMILES string of the molecule is CC(CC1CC(C)C(C)C1Sc1cc(C(=O)Nc2cc(F)c(F)c(F)c2)ccc1Cl)C(O)CC(=O)O. The monoisotopic (exact) mass is 543 g/mol. The lowest BCUT2D eigenvalue weighted by molar-refractivity contribution is -0.140. The molecule has 10 heteroatoms. The first-order chi connectivity index (χ1) is 16.9. The molecule has 1 fully saturated rings. The van der Waals surface area contributed by atoms with Gasteiger partial charge in [0.15, 0.2) is 17.5 Å². The first-order valence-corrected chi connectivity index (χ1v) is 12.9. The second-order valence-corrected chi connectivity index (χ2v) is 11.3. The summed E-state index contributed by atoms with van der Waals surface area (Å²) in [7, 11) is 0. The molecule has 1 aliphatic rings. The van der Waals surface area contributed by atoms with Crippen LogP contribution in [-0.4, -0.2) is 33.4 Å². The van der Waals surface area contributed by atoms with E-state index >= 15 is 0 Å². The van der Waals surface area contributed by atoms with Crippen LogP contribution in [-0.2, 0) is 4.79 Å². The fourth-order valence-corrected chi connectivity index (χ4v) is 6.56. The third-order valence-corrected chi connectivity index (χ3v) is 9.09. The smallest absolute Gasteiger partial charge is 0.305 e. The van der Waals surface area contributed by atoms with Crippen molar-refractivity contribution in [2.24, 2.45) is 23.7 Å². The number of amides is 1. The number of aliphatic hydroxyl groups is 1. The maximum absolute atomic E-state index is 13.5. The van der Waals surface area contributed by atoms with Crippen LogP contribution >= 0.6 is 23.4 Å². The molecule has 2 aromatic rings. The Labute approximate surface area is 217 Å². The van der Waals surface area contributed by atoms with E-state index in [0.29, 0.717) is 40.3 Å². The Hall–Kier alpha value is -2.23. The number of nitrogens with one attached hydrogen (secondary N) is 1. The van der Waals surface area contributed by atoms with Crippen molar-refractivity contribution < 1.29 is 33.0 Å². The maximum atomic E-state index is 13.5. The standard InChI is InChI=1S/C26H29ClF3NO4S/c1-12-6-16(7-13(2)21(32)11-23(33)34)25(14(12)3)36-22-8-15(4-5-18(22)27)26(35)31-17-9-19(28)24(30)20(29)10-17/h4-5,8-10,12-14,16,21,25,32H,6-7,11H2,1-3H3,(H,31,35)(H,33,34). The van der Waals surface area contributed by atoms with Crippen LogP contribution in [0, 0.1) is 41.1 Å². The average molecular weight is 544 g/mol. The minimum atomic E-state index is -1.61. The summed E-state index contributed by atoms with van der Waals surface area (Å²) in [4.78, 5) is 24.4. The first-order valence-electron chi connectivity index (χ1n) is 11.7. The summed E-state index contributed by atoms with van der Waals surface area (Å²) >= 11 is 7.98. The van der Waals surface area contributed by atoms with Crippen LogP contribution in [0.1, 0.15) is 50.4 Å². The zero-order valence-electron chi connectivity index (χ0n) is 20.1. The van der Waals surface area contributed by atoms with Gasteiger partial charge in [-0.25, -0.2) is 13.2 Å². The average Bonchev–Trinajstić information content (AvgIpc) is 3.05. The first kappa shape index (κ1) is 28.3. The molecule has 0 aromatic heterocycles. The molecular formula is C26H29ClF3NO4S. The molecule has 6 unspecified atom stereocenters. The number of aliphatic carboxylic acids is 1. The zero-order valence-corrected chi connectivity index (χ0v) is 21.7. The second-order valence-electron chi connectivity index (χ2n) is 9.65. The molecular weight excluding hydrogens is 515 g/mol. The Morgan fingerprint density at radius 3 is 2.42 bits per heavy atom. The van der Waals surface area contributed by atoms with Crippen LogP contribution in [0.25, 0.3) is 0 Å². The highest BCUT2D eigenvalue weighted by Gasteiger charge is 2.40. The molecule has 1 amide bonds. The normalized spacial score (nSPS) is 23.3. The summed E-state index contributed by atoms with van der Waals surface area (Å²) in [6.07, 6.45) is 0.334. The molecule has 0 aliphatic heterocycles. The van der Waals surface area contributed by atoms with E-state index in [1.807, 2.05) is 6.92 Å². The van der Waals surface area contributed by atoms with Gasteiger partial charge >= 0.3 is 5.97 Å². The van der Waals surface area contributed by atoms with Gasteiger partial charge in [-0.3, -0.25) is 9.59 Å². The van der Waals surface area contributed by atoms with E-state index in [1.54, 1.807) is 12.1 Å². The zero-order chi connectivity index (χ0) is 26.7. The van der Waals surface area contributed by atoms with Gasteiger partial charge in [0.25, 0.3) is 5.91 Å². The van der Waals surface area contributed by atoms with E-state index in [4.69, 9.17) is 16.7 Å². The van der Waals surface area contributed by atoms with E-state index < -0.39 is 35.4 Å². The predicted octanol–water partition coefficient (Wildman–Crippen LogP) is 6.62. The van der Waals surface area contributed by atoms with Crippen molar-refractivity contribution in [3.05, 3.63) is 58.4 Å². The summed E-state index contributed by atoms with van der Waals surface area (Å²) in [5, 5.41) is 22.2. The van der Waals surface area contributed by atoms with Crippen molar-refractivity contribution in [1.82, 2.24) is 0 Å². The number of anilines is 1. The van der Waals surface area contributed by atoms with Crippen molar-refractivity contribution in [1.29, 1.82) is 0 Å². The molecule has 36 heavy (non-hydrogen) atoms. The van der Waals surface area contributed by atoms with Gasteiger partial charge in [-0.2, -0.15) is 0 Å². The maximum Gasteiger partial charge on any atom is 0.305 e. The van der Waals surface area contributed by atoms with E-state index in [2.05, 4.69) is 19.2 Å². The van der Waals surface area contributed by atoms with Crippen LogP contribution in [0.4, 0.5) is 18.9 Å². The number of carbonyl (C=O) groups excluding carboxylic acids is 1. The van der Waals surface area contributed by atoms with Crippen LogP contribution in [0.3, 0.4) is 0 Å². The fourth-order valence-electron chi connectivity index (χ4n) is 4.74. The van der Waals surface area contributed by atoms with Gasteiger partial charge < -0.3 is 15.5 Å². The number of rotatable bonds is 9. The molecule has 0 heterocycles. The lowest BCUT2D eigenvalue weighted by Crippen LogP contribution is -2.26. The van der Waals surface area contributed by atoms with E-state index in [1.165, 1.54) is 17.8 Å². The van der Waals surface area contributed by atoms with Gasteiger partial charge in [0, 0.05) is 33.5 Å². The Kier molecular flexibility index (Phi) is 9.35.